The Morgan fingerprint density at radius 2 is 2.00 bits per heavy atom. The van der Waals surface area contributed by atoms with E-state index in [0.717, 1.165) is 39.0 Å². The molecule has 3 nitrogen and oxygen atoms in total. The summed E-state index contributed by atoms with van der Waals surface area (Å²) < 4.78 is 0. The minimum Gasteiger partial charge on any atom is -0.355 e. The van der Waals surface area contributed by atoms with E-state index in [2.05, 4.69) is 55.3 Å². The number of likely N-dealkylation sites (tertiary alicyclic amines) is 1. The second kappa shape index (κ2) is 7.08. The minimum absolute atomic E-state index is 0.143. The van der Waals surface area contributed by atoms with Gasteiger partial charge in [0.2, 0.25) is 5.91 Å². The van der Waals surface area contributed by atoms with Crippen LogP contribution in [0.2, 0.25) is 0 Å². The second-order valence-electron chi connectivity index (χ2n) is 7.34. The number of carbonyl (C=O) groups is 1. The molecule has 0 radical (unpaired) electrons. The molecule has 1 aromatic rings. The van der Waals surface area contributed by atoms with E-state index in [9.17, 15) is 4.79 Å². The lowest BCUT2D eigenvalue weighted by Crippen LogP contribution is -2.44. The highest BCUT2D eigenvalue weighted by Gasteiger charge is 2.26. The second-order valence-corrected chi connectivity index (χ2v) is 7.34. The van der Waals surface area contributed by atoms with Crippen molar-refractivity contribution in [2.24, 2.45) is 11.3 Å². The van der Waals surface area contributed by atoms with Gasteiger partial charge in [-0.1, -0.05) is 51.1 Å². The van der Waals surface area contributed by atoms with Crippen molar-refractivity contribution in [2.45, 2.75) is 40.2 Å². The van der Waals surface area contributed by atoms with Gasteiger partial charge in [0.25, 0.3) is 0 Å². The van der Waals surface area contributed by atoms with Gasteiger partial charge in [0.1, 0.15) is 0 Å². The van der Waals surface area contributed by atoms with Gasteiger partial charge in [0.15, 0.2) is 0 Å². The van der Waals surface area contributed by atoms with Crippen LogP contribution in [0.5, 0.6) is 0 Å². The van der Waals surface area contributed by atoms with E-state index >= 15 is 0 Å². The van der Waals surface area contributed by atoms with Crippen molar-refractivity contribution in [3.63, 3.8) is 0 Å². The molecule has 0 unspecified atom stereocenters. The summed E-state index contributed by atoms with van der Waals surface area (Å²) in [7, 11) is 0. The molecular weight excluding hydrogens is 260 g/mol. The number of nitrogens with zero attached hydrogens (tertiary/aromatic N) is 1. The fourth-order valence-electron chi connectivity index (χ4n) is 2.75. The zero-order valence-electron chi connectivity index (χ0n) is 13.6. The first-order valence-electron chi connectivity index (χ1n) is 7.98. The lowest BCUT2D eigenvalue weighted by atomic mass is 9.94. The Hall–Kier alpha value is -1.35. The highest BCUT2D eigenvalue weighted by molar-refractivity contribution is 5.79. The summed E-state index contributed by atoms with van der Waals surface area (Å²) in [6.07, 6.45) is 2.13. The summed E-state index contributed by atoms with van der Waals surface area (Å²) in [6.45, 7) is 10.1. The molecule has 2 rings (SSSR count). The van der Waals surface area contributed by atoms with Gasteiger partial charge in [0, 0.05) is 19.6 Å². The molecule has 3 heteroatoms. The SMILES string of the molecule is CC(C)(C)CNC(=O)[C@@H]1CCCN(Cc2ccccc2)C1. The van der Waals surface area contributed by atoms with Crippen LogP contribution >= 0.6 is 0 Å². The molecule has 1 aliphatic rings. The average Bonchev–Trinajstić information content (AvgIpc) is 2.45. The standard InChI is InChI=1S/C18H28N2O/c1-18(2,3)14-19-17(21)16-10-7-11-20(13-16)12-15-8-5-4-6-9-15/h4-6,8-9,16H,7,10-14H2,1-3H3,(H,19,21)/t16-/m1/s1. The molecule has 1 atom stereocenters. The molecule has 1 fully saturated rings. The molecule has 1 saturated heterocycles. The number of amides is 1. The topological polar surface area (TPSA) is 32.3 Å². The van der Waals surface area contributed by atoms with E-state index in [4.69, 9.17) is 0 Å². The summed E-state index contributed by atoms with van der Waals surface area (Å²) in [5.74, 6) is 0.368. The number of hydrogen-bond acceptors (Lipinski definition) is 2. The quantitative estimate of drug-likeness (QED) is 0.923. The number of benzene rings is 1. The van der Waals surface area contributed by atoms with Gasteiger partial charge in [-0.25, -0.2) is 0 Å². The highest BCUT2D eigenvalue weighted by atomic mass is 16.1. The maximum atomic E-state index is 12.3. The predicted octanol–water partition coefficient (Wildman–Crippen LogP) is 3.06. The van der Waals surface area contributed by atoms with Gasteiger partial charge in [-0.15, -0.1) is 0 Å². The molecule has 0 bridgehead atoms. The van der Waals surface area contributed by atoms with Crippen LogP contribution in [-0.2, 0) is 11.3 Å². The lowest BCUT2D eigenvalue weighted by molar-refractivity contribution is -0.127. The summed E-state index contributed by atoms with van der Waals surface area (Å²) >= 11 is 0. The van der Waals surface area contributed by atoms with Gasteiger partial charge < -0.3 is 5.32 Å². The Kier molecular flexibility index (Phi) is 5.40. The van der Waals surface area contributed by atoms with Crippen LogP contribution in [0.4, 0.5) is 0 Å². The zero-order chi connectivity index (χ0) is 15.3. The maximum absolute atomic E-state index is 12.3. The molecule has 0 aliphatic carbocycles. The normalized spacial score (nSPS) is 20.2. The van der Waals surface area contributed by atoms with Crippen LogP contribution in [0.3, 0.4) is 0 Å². The molecular formula is C18H28N2O. The first-order chi connectivity index (χ1) is 9.94. The van der Waals surface area contributed by atoms with Crippen molar-refractivity contribution in [1.82, 2.24) is 10.2 Å². The molecule has 21 heavy (non-hydrogen) atoms. The minimum atomic E-state index is 0.143. The predicted molar refractivity (Wildman–Crippen MR) is 86.9 cm³/mol. The average molecular weight is 288 g/mol. The Morgan fingerprint density at radius 1 is 1.29 bits per heavy atom. The summed E-state index contributed by atoms with van der Waals surface area (Å²) in [5.41, 5.74) is 1.47. The Labute approximate surface area is 128 Å². The highest BCUT2D eigenvalue weighted by Crippen LogP contribution is 2.19. The Balaban J connectivity index is 1.84. The largest absolute Gasteiger partial charge is 0.355 e. The number of carbonyl (C=O) groups excluding carboxylic acids is 1. The van der Waals surface area contributed by atoms with Crippen LogP contribution in [0.25, 0.3) is 0 Å². The van der Waals surface area contributed by atoms with Gasteiger partial charge in [-0.05, 0) is 30.4 Å². The third-order valence-corrected chi connectivity index (χ3v) is 3.92. The molecule has 1 aromatic carbocycles. The maximum Gasteiger partial charge on any atom is 0.224 e. The fourth-order valence-corrected chi connectivity index (χ4v) is 2.75. The first kappa shape index (κ1) is 16.0. The van der Waals surface area contributed by atoms with E-state index in [-0.39, 0.29) is 17.2 Å². The molecule has 0 aromatic heterocycles. The summed E-state index contributed by atoms with van der Waals surface area (Å²) in [6, 6.07) is 10.5. The van der Waals surface area contributed by atoms with E-state index in [1.807, 2.05) is 6.07 Å². The van der Waals surface area contributed by atoms with Gasteiger partial charge in [-0.3, -0.25) is 9.69 Å². The van der Waals surface area contributed by atoms with Gasteiger partial charge >= 0.3 is 0 Å². The molecule has 1 N–H and O–H groups in total. The summed E-state index contributed by atoms with van der Waals surface area (Å²) in [5, 5.41) is 3.11. The molecule has 1 aliphatic heterocycles. The van der Waals surface area contributed by atoms with Crippen LogP contribution < -0.4 is 5.32 Å². The number of piperidine rings is 1. The van der Waals surface area contributed by atoms with Crippen LogP contribution in [-0.4, -0.2) is 30.4 Å². The molecule has 0 spiro atoms. The molecule has 116 valence electrons. The Bertz CT molecular complexity index is 450. The van der Waals surface area contributed by atoms with Crippen molar-refractivity contribution in [2.75, 3.05) is 19.6 Å². The lowest BCUT2D eigenvalue weighted by Gasteiger charge is -2.32. The monoisotopic (exact) mass is 288 g/mol. The van der Waals surface area contributed by atoms with Gasteiger partial charge in [-0.2, -0.15) is 0 Å². The van der Waals surface area contributed by atoms with Crippen molar-refractivity contribution in [1.29, 1.82) is 0 Å². The van der Waals surface area contributed by atoms with Crippen molar-refractivity contribution in [3.05, 3.63) is 35.9 Å². The molecule has 1 heterocycles. The van der Waals surface area contributed by atoms with E-state index in [1.165, 1.54) is 5.56 Å². The smallest absolute Gasteiger partial charge is 0.224 e. The zero-order valence-corrected chi connectivity index (χ0v) is 13.6. The number of hydrogen-bond donors (Lipinski definition) is 1. The van der Waals surface area contributed by atoms with Crippen LogP contribution in [0.1, 0.15) is 39.2 Å². The van der Waals surface area contributed by atoms with Crippen molar-refractivity contribution >= 4 is 5.91 Å². The van der Waals surface area contributed by atoms with E-state index < -0.39 is 0 Å². The van der Waals surface area contributed by atoms with E-state index in [0.29, 0.717) is 0 Å². The summed E-state index contributed by atoms with van der Waals surface area (Å²) in [4.78, 5) is 14.7. The first-order valence-corrected chi connectivity index (χ1v) is 7.98. The van der Waals surface area contributed by atoms with E-state index in [1.54, 1.807) is 0 Å². The van der Waals surface area contributed by atoms with Crippen LogP contribution in [0.15, 0.2) is 30.3 Å². The van der Waals surface area contributed by atoms with Crippen LogP contribution in [0, 0.1) is 11.3 Å². The fraction of sp³-hybridized carbons (Fsp3) is 0.611. The van der Waals surface area contributed by atoms with Crippen molar-refractivity contribution < 1.29 is 4.79 Å². The number of rotatable bonds is 4. The number of nitrogens with one attached hydrogen (secondary N) is 1. The third kappa shape index (κ3) is 5.50. The third-order valence-electron chi connectivity index (χ3n) is 3.92. The van der Waals surface area contributed by atoms with Crippen molar-refractivity contribution in [3.8, 4) is 0 Å². The Morgan fingerprint density at radius 3 is 2.67 bits per heavy atom. The molecule has 0 saturated carbocycles. The van der Waals surface area contributed by atoms with Gasteiger partial charge in [0.05, 0.1) is 5.92 Å². The molecule has 1 amide bonds.